The van der Waals surface area contributed by atoms with Crippen LogP contribution in [0.1, 0.15) is 31.4 Å². The third-order valence-electron chi connectivity index (χ3n) is 2.70. The van der Waals surface area contributed by atoms with Crippen LogP contribution >= 0.6 is 0 Å². The lowest BCUT2D eigenvalue weighted by Gasteiger charge is -2.17. The van der Waals surface area contributed by atoms with Gasteiger partial charge in [0, 0.05) is 0 Å². The Hall–Kier alpha value is -0.780. The first-order valence-electron chi connectivity index (χ1n) is 4.20. The zero-order chi connectivity index (χ0) is 7.90. The van der Waals surface area contributed by atoms with E-state index in [0.717, 1.165) is 0 Å². The van der Waals surface area contributed by atoms with Crippen molar-refractivity contribution in [3.05, 3.63) is 35.4 Å². The molecular weight excluding hydrogens is 132 g/mol. The van der Waals surface area contributed by atoms with Crippen molar-refractivity contribution in [3.63, 3.8) is 0 Å². The number of rotatable bonds is 0. The number of fused-ring (bicyclic) bond motifs is 1. The van der Waals surface area contributed by atoms with Gasteiger partial charge in [-0.1, -0.05) is 32.0 Å². The maximum atomic E-state index is 3.15. The molecule has 0 saturated heterocycles. The number of benzene rings is 1. The Kier molecular flexibility index (Phi) is 1.32. The van der Waals surface area contributed by atoms with Gasteiger partial charge >= 0.3 is 0 Å². The van der Waals surface area contributed by atoms with Crippen LogP contribution in [-0.2, 0) is 11.8 Å². The molecule has 0 saturated carbocycles. The van der Waals surface area contributed by atoms with Crippen LogP contribution in [0.15, 0.2) is 18.2 Å². The maximum Gasteiger partial charge on any atom is -0.00974 e. The molecule has 0 heterocycles. The molecular formula is C11H13. The van der Waals surface area contributed by atoms with Crippen LogP contribution in [0.3, 0.4) is 0 Å². The zero-order valence-electron chi connectivity index (χ0n) is 7.15. The van der Waals surface area contributed by atoms with Crippen LogP contribution in [0, 0.1) is 6.07 Å². The van der Waals surface area contributed by atoms with E-state index in [2.05, 4.69) is 32.0 Å². The molecule has 0 heteroatoms. The molecule has 1 aromatic carbocycles. The maximum absolute atomic E-state index is 3.15. The highest BCUT2D eigenvalue weighted by atomic mass is 14.3. The summed E-state index contributed by atoms with van der Waals surface area (Å²) in [5.41, 5.74) is 3.42. The van der Waals surface area contributed by atoms with Gasteiger partial charge in [-0.2, -0.15) is 0 Å². The van der Waals surface area contributed by atoms with Gasteiger partial charge in [-0.3, -0.25) is 0 Å². The Labute approximate surface area is 68.3 Å². The summed E-state index contributed by atoms with van der Waals surface area (Å²) in [6.07, 6.45) is 2.54. The molecule has 0 unspecified atom stereocenters. The van der Waals surface area contributed by atoms with Gasteiger partial charge in [0.2, 0.25) is 0 Å². The Bertz CT molecular complexity index is 271. The van der Waals surface area contributed by atoms with Crippen molar-refractivity contribution >= 4 is 0 Å². The molecule has 1 aliphatic carbocycles. The molecule has 11 heavy (non-hydrogen) atoms. The molecule has 57 valence electrons. The Morgan fingerprint density at radius 1 is 1.45 bits per heavy atom. The molecule has 0 amide bonds. The molecule has 1 aliphatic rings. The topological polar surface area (TPSA) is 0 Å². The van der Waals surface area contributed by atoms with Crippen LogP contribution in [0.4, 0.5) is 0 Å². The van der Waals surface area contributed by atoms with Crippen LogP contribution in [0.25, 0.3) is 0 Å². The van der Waals surface area contributed by atoms with Gasteiger partial charge in [-0.25, -0.2) is 0 Å². The molecule has 0 spiro atoms. The van der Waals surface area contributed by atoms with Crippen LogP contribution < -0.4 is 0 Å². The Morgan fingerprint density at radius 3 is 3.00 bits per heavy atom. The van der Waals surface area contributed by atoms with Gasteiger partial charge in [0.25, 0.3) is 0 Å². The van der Waals surface area contributed by atoms with E-state index in [-0.39, 0.29) is 0 Å². The second-order valence-electron chi connectivity index (χ2n) is 3.97. The zero-order valence-corrected chi connectivity index (χ0v) is 7.15. The van der Waals surface area contributed by atoms with E-state index in [9.17, 15) is 0 Å². The van der Waals surface area contributed by atoms with E-state index in [1.165, 1.54) is 24.0 Å². The summed E-state index contributed by atoms with van der Waals surface area (Å²) < 4.78 is 0. The number of hydrogen-bond donors (Lipinski definition) is 0. The van der Waals surface area contributed by atoms with Crippen molar-refractivity contribution in [2.45, 2.75) is 32.1 Å². The van der Waals surface area contributed by atoms with E-state index in [0.29, 0.717) is 5.41 Å². The SMILES string of the molecule is CC1(C)CCc2cc[c]cc21. The van der Waals surface area contributed by atoms with E-state index < -0.39 is 0 Å². The van der Waals surface area contributed by atoms with Crippen LogP contribution in [0.2, 0.25) is 0 Å². The first-order chi connectivity index (χ1) is 5.20. The van der Waals surface area contributed by atoms with Gasteiger partial charge in [0.1, 0.15) is 0 Å². The van der Waals surface area contributed by atoms with Gasteiger partial charge in [0.15, 0.2) is 0 Å². The standard InChI is InChI=1S/C11H13/c1-11(2)8-7-9-5-3-4-6-10(9)11/h3,5-6H,7-8H2,1-2H3. The quantitative estimate of drug-likeness (QED) is 0.526. The first kappa shape index (κ1) is 6.90. The first-order valence-corrected chi connectivity index (χ1v) is 4.20. The Balaban J connectivity index is 2.56. The average molecular weight is 145 g/mol. The summed E-state index contributed by atoms with van der Waals surface area (Å²) in [6.45, 7) is 4.62. The predicted octanol–water partition coefficient (Wildman–Crippen LogP) is 2.71. The summed E-state index contributed by atoms with van der Waals surface area (Å²) in [6, 6.07) is 9.50. The monoisotopic (exact) mass is 145 g/mol. The van der Waals surface area contributed by atoms with Gasteiger partial charge in [-0.05, 0) is 35.4 Å². The second kappa shape index (κ2) is 2.10. The van der Waals surface area contributed by atoms with Crippen molar-refractivity contribution in [2.75, 3.05) is 0 Å². The fourth-order valence-corrected chi connectivity index (χ4v) is 1.89. The van der Waals surface area contributed by atoms with E-state index >= 15 is 0 Å². The molecule has 0 aliphatic heterocycles. The fourth-order valence-electron chi connectivity index (χ4n) is 1.89. The van der Waals surface area contributed by atoms with Crippen molar-refractivity contribution in [1.29, 1.82) is 0 Å². The van der Waals surface area contributed by atoms with E-state index in [1.807, 2.05) is 6.07 Å². The number of hydrogen-bond acceptors (Lipinski definition) is 0. The lowest BCUT2D eigenvalue weighted by Crippen LogP contribution is -2.11. The molecule has 0 bridgehead atoms. The lowest BCUT2D eigenvalue weighted by atomic mass is 9.87. The smallest absolute Gasteiger partial charge is 0.00974 e. The van der Waals surface area contributed by atoms with Crippen molar-refractivity contribution in [3.8, 4) is 0 Å². The molecule has 1 radical (unpaired) electrons. The van der Waals surface area contributed by atoms with Gasteiger partial charge < -0.3 is 0 Å². The lowest BCUT2D eigenvalue weighted by molar-refractivity contribution is 0.522. The summed E-state index contributed by atoms with van der Waals surface area (Å²) in [5.74, 6) is 0. The summed E-state index contributed by atoms with van der Waals surface area (Å²) >= 11 is 0. The minimum absolute atomic E-state index is 0.396. The molecule has 0 atom stereocenters. The highest BCUT2D eigenvalue weighted by molar-refractivity contribution is 5.37. The third-order valence-corrected chi connectivity index (χ3v) is 2.70. The minimum Gasteiger partial charge on any atom is -0.0581 e. The van der Waals surface area contributed by atoms with Crippen LogP contribution in [0.5, 0.6) is 0 Å². The number of aryl methyl sites for hydroxylation is 1. The second-order valence-corrected chi connectivity index (χ2v) is 3.97. The largest absolute Gasteiger partial charge is 0.0581 e. The van der Waals surface area contributed by atoms with Crippen molar-refractivity contribution < 1.29 is 0 Å². The molecule has 0 nitrogen and oxygen atoms in total. The molecule has 1 aromatic rings. The average Bonchev–Trinajstić information content (AvgIpc) is 2.29. The van der Waals surface area contributed by atoms with Crippen molar-refractivity contribution in [2.24, 2.45) is 0 Å². The molecule has 0 aromatic heterocycles. The summed E-state index contributed by atoms with van der Waals surface area (Å²) in [5, 5.41) is 0. The van der Waals surface area contributed by atoms with Crippen molar-refractivity contribution in [1.82, 2.24) is 0 Å². The predicted molar refractivity (Wildman–Crippen MR) is 46.6 cm³/mol. The minimum atomic E-state index is 0.396. The third kappa shape index (κ3) is 0.973. The van der Waals surface area contributed by atoms with Crippen LogP contribution in [-0.4, -0.2) is 0 Å². The van der Waals surface area contributed by atoms with E-state index in [1.54, 1.807) is 0 Å². The summed E-state index contributed by atoms with van der Waals surface area (Å²) in [4.78, 5) is 0. The van der Waals surface area contributed by atoms with E-state index in [4.69, 9.17) is 0 Å². The fraction of sp³-hybridized carbons (Fsp3) is 0.455. The molecule has 0 N–H and O–H groups in total. The van der Waals surface area contributed by atoms with Gasteiger partial charge in [-0.15, -0.1) is 0 Å². The normalized spacial score (nSPS) is 19.8. The molecule has 2 rings (SSSR count). The Morgan fingerprint density at radius 2 is 2.27 bits per heavy atom. The van der Waals surface area contributed by atoms with Gasteiger partial charge in [0.05, 0.1) is 0 Å². The summed E-state index contributed by atoms with van der Waals surface area (Å²) in [7, 11) is 0. The highest BCUT2D eigenvalue weighted by Crippen LogP contribution is 2.37. The molecule has 0 fully saturated rings. The highest BCUT2D eigenvalue weighted by Gasteiger charge is 2.28.